The Morgan fingerprint density at radius 1 is 1.25 bits per heavy atom. The fourth-order valence-corrected chi connectivity index (χ4v) is 1.86. The summed E-state index contributed by atoms with van der Waals surface area (Å²) in [7, 11) is 0. The highest BCUT2D eigenvalue weighted by atomic mass is 32.2. The molecule has 0 N–H and O–H groups in total. The van der Waals surface area contributed by atoms with E-state index in [1.54, 1.807) is 0 Å². The largest absolute Gasteiger partial charge is 0.248 e. The van der Waals surface area contributed by atoms with E-state index in [1.165, 1.54) is 29.6 Å². The minimum Gasteiger partial charge on any atom is -0.248 e. The molecule has 0 bridgehead atoms. The molecule has 0 fully saturated rings. The van der Waals surface area contributed by atoms with E-state index in [1.807, 2.05) is 12.3 Å². The minimum absolute atomic E-state index is 1.02. The van der Waals surface area contributed by atoms with Gasteiger partial charge in [0.05, 0.1) is 0 Å². The average molecular weight is 200 g/mol. The third-order valence-corrected chi connectivity index (χ3v) is 2.73. The van der Waals surface area contributed by atoms with Gasteiger partial charge in [-0.2, -0.15) is 0 Å². The van der Waals surface area contributed by atoms with Crippen LogP contribution in [0.25, 0.3) is 0 Å². The first-order chi connectivity index (χ1) is 5.93. The van der Waals surface area contributed by atoms with E-state index >= 15 is 0 Å². The number of rotatable bonds is 5. The zero-order valence-corrected chi connectivity index (χ0v) is 8.66. The first kappa shape index (κ1) is 9.96. The minimum atomic E-state index is 1.02. The van der Waals surface area contributed by atoms with Crippen LogP contribution in [0.15, 0.2) is 30.3 Å². The van der Waals surface area contributed by atoms with Gasteiger partial charge in [-0.1, -0.05) is 30.3 Å². The molecule has 0 aliphatic carbocycles. The molecule has 1 aromatic rings. The van der Waals surface area contributed by atoms with Crippen molar-refractivity contribution >= 4 is 24.1 Å². The van der Waals surface area contributed by atoms with Crippen molar-refractivity contribution in [1.82, 2.24) is 0 Å². The second kappa shape index (κ2) is 6.40. The molecule has 0 unspecified atom stereocenters. The highest BCUT2D eigenvalue weighted by Crippen LogP contribution is 2.13. The van der Waals surface area contributed by atoms with E-state index in [0.29, 0.717) is 0 Å². The molecule has 0 aliphatic heterocycles. The molecule has 0 spiro atoms. The number of hydrogen-bond acceptors (Lipinski definition) is 3. The lowest BCUT2D eigenvalue weighted by atomic mass is 10.2. The highest BCUT2D eigenvalue weighted by molar-refractivity contribution is 8.07. The van der Waals surface area contributed by atoms with Gasteiger partial charge in [0.1, 0.15) is 0 Å². The summed E-state index contributed by atoms with van der Waals surface area (Å²) < 4.78 is 5.09. The molecular weight excluding hydrogens is 188 g/mol. The summed E-state index contributed by atoms with van der Waals surface area (Å²) in [6.45, 7) is 0. The van der Waals surface area contributed by atoms with Crippen LogP contribution in [-0.4, -0.2) is 12.0 Å². The maximum atomic E-state index is 5.09. The van der Waals surface area contributed by atoms with Gasteiger partial charge in [-0.15, -0.1) is 0 Å². The van der Waals surface area contributed by atoms with Gasteiger partial charge in [-0.3, -0.25) is 0 Å². The van der Waals surface area contributed by atoms with Gasteiger partial charge < -0.3 is 0 Å². The molecule has 1 nitrogen and oxygen atoms in total. The molecular formula is C9H12OS2. The quantitative estimate of drug-likeness (QED) is 0.533. The second-order valence-electron chi connectivity index (χ2n) is 2.29. The van der Waals surface area contributed by atoms with Crippen molar-refractivity contribution in [3.05, 3.63) is 35.9 Å². The van der Waals surface area contributed by atoms with Gasteiger partial charge in [-0.25, -0.2) is 3.63 Å². The van der Waals surface area contributed by atoms with E-state index in [-0.39, 0.29) is 0 Å². The summed E-state index contributed by atoms with van der Waals surface area (Å²) in [5.41, 5.74) is 1.37. The highest BCUT2D eigenvalue weighted by Gasteiger charge is 1.91. The van der Waals surface area contributed by atoms with Crippen molar-refractivity contribution in [1.29, 1.82) is 0 Å². The monoisotopic (exact) mass is 200 g/mol. The van der Waals surface area contributed by atoms with E-state index in [2.05, 4.69) is 24.3 Å². The van der Waals surface area contributed by atoms with Gasteiger partial charge in [0.25, 0.3) is 0 Å². The summed E-state index contributed by atoms with van der Waals surface area (Å²) in [6.07, 6.45) is 3.00. The molecule has 0 saturated carbocycles. The SMILES string of the molecule is CSOSCCc1ccccc1. The Morgan fingerprint density at radius 2 is 2.00 bits per heavy atom. The predicted octanol–water partition coefficient (Wildman–Crippen LogP) is 3.17. The molecule has 0 atom stereocenters. The molecule has 0 saturated heterocycles. The van der Waals surface area contributed by atoms with Crippen molar-refractivity contribution in [3.63, 3.8) is 0 Å². The normalized spacial score (nSPS) is 10.1. The van der Waals surface area contributed by atoms with Crippen molar-refractivity contribution in [2.45, 2.75) is 6.42 Å². The Balaban J connectivity index is 2.16. The van der Waals surface area contributed by atoms with Gasteiger partial charge in [-0.05, 0) is 12.0 Å². The lowest BCUT2D eigenvalue weighted by Crippen LogP contribution is -1.86. The lowest BCUT2D eigenvalue weighted by molar-refractivity contribution is 0.761. The summed E-state index contributed by atoms with van der Waals surface area (Å²) in [5.74, 6) is 1.02. The summed E-state index contributed by atoms with van der Waals surface area (Å²) in [5, 5.41) is 0. The zero-order chi connectivity index (χ0) is 8.65. The van der Waals surface area contributed by atoms with Crippen LogP contribution in [0.3, 0.4) is 0 Å². The topological polar surface area (TPSA) is 9.23 Å². The van der Waals surface area contributed by atoms with Crippen molar-refractivity contribution in [3.8, 4) is 0 Å². The van der Waals surface area contributed by atoms with Crippen LogP contribution in [0.5, 0.6) is 0 Å². The number of benzene rings is 1. The predicted molar refractivity (Wildman–Crippen MR) is 57.2 cm³/mol. The number of hydrogen-bond donors (Lipinski definition) is 0. The van der Waals surface area contributed by atoms with Crippen LogP contribution in [0, 0.1) is 0 Å². The fourth-order valence-electron chi connectivity index (χ4n) is 0.886. The Morgan fingerprint density at radius 3 is 2.67 bits per heavy atom. The standard InChI is InChI=1S/C9H12OS2/c1-11-10-12-8-7-9-5-3-2-4-6-9/h2-6H,7-8H2,1H3. The van der Waals surface area contributed by atoms with Crippen LogP contribution in [0.2, 0.25) is 0 Å². The van der Waals surface area contributed by atoms with Gasteiger partial charge in [0, 0.05) is 36.1 Å². The van der Waals surface area contributed by atoms with Crippen molar-refractivity contribution in [2.24, 2.45) is 0 Å². The molecule has 0 radical (unpaired) electrons. The second-order valence-corrected chi connectivity index (χ2v) is 3.81. The fraction of sp³-hybridized carbons (Fsp3) is 0.333. The van der Waals surface area contributed by atoms with E-state index in [0.717, 1.165) is 12.2 Å². The molecule has 0 aromatic heterocycles. The maximum Gasteiger partial charge on any atom is 0.0251 e. The Hall–Kier alpha value is -0.120. The summed E-state index contributed by atoms with van der Waals surface area (Å²) >= 11 is 2.91. The molecule has 3 heteroatoms. The molecule has 66 valence electrons. The summed E-state index contributed by atoms with van der Waals surface area (Å²) in [4.78, 5) is 0. The van der Waals surface area contributed by atoms with Crippen LogP contribution in [-0.2, 0) is 10.1 Å². The van der Waals surface area contributed by atoms with Gasteiger partial charge >= 0.3 is 0 Å². The molecule has 0 heterocycles. The molecule has 1 aromatic carbocycles. The van der Waals surface area contributed by atoms with E-state index in [9.17, 15) is 0 Å². The van der Waals surface area contributed by atoms with Crippen LogP contribution >= 0.6 is 24.1 Å². The number of aryl methyl sites for hydroxylation is 1. The van der Waals surface area contributed by atoms with Crippen molar-refractivity contribution in [2.75, 3.05) is 12.0 Å². The van der Waals surface area contributed by atoms with Crippen molar-refractivity contribution < 1.29 is 3.63 Å². The first-order valence-electron chi connectivity index (χ1n) is 3.79. The lowest BCUT2D eigenvalue weighted by Gasteiger charge is -1.98. The molecule has 1 rings (SSSR count). The van der Waals surface area contributed by atoms with Crippen LogP contribution < -0.4 is 0 Å². The molecule has 0 aliphatic rings. The van der Waals surface area contributed by atoms with E-state index < -0.39 is 0 Å². The summed E-state index contributed by atoms with van der Waals surface area (Å²) in [6, 6.07) is 10.4. The zero-order valence-electron chi connectivity index (χ0n) is 7.03. The molecule has 0 amide bonds. The third-order valence-electron chi connectivity index (χ3n) is 1.43. The van der Waals surface area contributed by atoms with Crippen LogP contribution in [0.1, 0.15) is 5.56 Å². The third kappa shape index (κ3) is 4.04. The smallest absolute Gasteiger partial charge is 0.0251 e. The Bertz CT molecular complexity index is 201. The average Bonchev–Trinajstić information content (AvgIpc) is 2.14. The van der Waals surface area contributed by atoms with Gasteiger partial charge in [0.15, 0.2) is 0 Å². The van der Waals surface area contributed by atoms with Crippen LogP contribution in [0.4, 0.5) is 0 Å². The van der Waals surface area contributed by atoms with Gasteiger partial charge in [0.2, 0.25) is 0 Å². The maximum absolute atomic E-state index is 5.09. The Kier molecular flexibility index (Phi) is 5.32. The van der Waals surface area contributed by atoms with E-state index in [4.69, 9.17) is 3.63 Å². The first-order valence-corrected chi connectivity index (χ1v) is 5.86. The molecule has 12 heavy (non-hydrogen) atoms. The Labute approximate surface area is 82.3 Å².